The summed E-state index contributed by atoms with van der Waals surface area (Å²) in [5.74, 6) is 0. The molecule has 2 rings (SSSR count). The number of aromatic nitrogens is 2. The highest BCUT2D eigenvalue weighted by molar-refractivity contribution is 5.79. The molecule has 3 N–H and O–H groups in total. The van der Waals surface area contributed by atoms with Crippen molar-refractivity contribution in [2.24, 2.45) is 0 Å². The third-order valence-electron chi connectivity index (χ3n) is 2.36. The van der Waals surface area contributed by atoms with Crippen LogP contribution in [0.4, 0.5) is 5.69 Å². The molecule has 0 aliphatic carbocycles. The Morgan fingerprint density at radius 2 is 1.93 bits per heavy atom. The average Bonchev–Trinajstić information content (AvgIpc) is 2.48. The van der Waals surface area contributed by atoms with E-state index < -0.39 is 0 Å². The fourth-order valence-corrected chi connectivity index (χ4v) is 1.67. The summed E-state index contributed by atoms with van der Waals surface area (Å²) in [6.45, 7) is 3.98. The van der Waals surface area contributed by atoms with E-state index in [2.05, 4.69) is 10.2 Å². The predicted molar refractivity (Wildman–Crippen MR) is 57.9 cm³/mol. The van der Waals surface area contributed by atoms with E-state index in [4.69, 9.17) is 5.73 Å². The molecule has 0 unspecified atom stereocenters. The summed E-state index contributed by atoms with van der Waals surface area (Å²) in [7, 11) is 0. The highest BCUT2D eigenvalue weighted by atomic mass is 15.1. The van der Waals surface area contributed by atoms with Gasteiger partial charge in [0.1, 0.15) is 0 Å². The first-order valence-corrected chi connectivity index (χ1v) is 4.56. The number of benzene rings is 1. The Morgan fingerprint density at radius 3 is 2.50 bits per heavy atom. The molecule has 0 saturated heterocycles. The van der Waals surface area contributed by atoms with Crippen molar-refractivity contribution in [1.82, 2.24) is 10.2 Å². The number of aryl methyl sites for hydroxylation is 2. The van der Waals surface area contributed by atoms with E-state index in [-0.39, 0.29) is 0 Å². The number of anilines is 1. The van der Waals surface area contributed by atoms with E-state index in [1.807, 2.05) is 38.1 Å². The van der Waals surface area contributed by atoms with Crippen LogP contribution < -0.4 is 5.73 Å². The second-order valence-corrected chi connectivity index (χ2v) is 3.40. The van der Waals surface area contributed by atoms with Crippen molar-refractivity contribution in [3.63, 3.8) is 0 Å². The molecule has 0 aliphatic heterocycles. The SMILES string of the molecule is Cc1n[nH]c(C)c1-c1ccccc1N. The number of H-pyrrole nitrogens is 1. The molecule has 0 spiro atoms. The molecule has 3 nitrogen and oxygen atoms in total. The maximum Gasteiger partial charge on any atom is 0.0673 e. The van der Waals surface area contributed by atoms with Crippen LogP contribution in [0.1, 0.15) is 11.4 Å². The molecule has 14 heavy (non-hydrogen) atoms. The maximum absolute atomic E-state index is 5.91. The van der Waals surface area contributed by atoms with Gasteiger partial charge in [-0.1, -0.05) is 18.2 Å². The van der Waals surface area contributed by atoms with Crippen molar-refractivity contribution in [3.8, 4) is 11.1 Å². The van der Waals surface area contributed by atoms with Crippen LogP contribution in [0.25, 0.3) is 11.1 Å². The minimum Gasteiger partial charge on any atom is -0.398 e. The van der Waals surface area contributed by atoms with Gasteiger partial charge in [-0.05, 0) is 19.9 Å². The molecular formula is C11H13N3. The summed E-state index contributed by atoms with van der Waals surface area (Å²) in [4.78, 5) is 0. The van der Waals surface area contributed by atoms with E-state index in [0.717, 1.165) is 28.2 Å². The maximum atomic E-state index is 5.91. The van der Waals surface area contributed by atoms with Crippen molar-refractivity contribution >= 4 is 5.69 Å². The van der Waals surface area contributed by atoms with Crippen LogP contribution in [-0.2, 0) is 0 Å². The second-order valence-electron chi connectivity index (χ2n) is 3.40. The van der Waals surface area contributed by atoms with Gasteiger partial charge in [0.2, 0.25) is 0 Å². The highest BCUT2D eigenvalue weighted by Gasteiger charge is 2.10. The van der Waals surface area contributed by atoms with E-state index in [9.17, 15) is 0 Å². The summed E-state index contributed by atoms with van der Waals surface area (Å²) in [5.41, 5.74) is 10.9. The van der Waals surface area contributed by atoms with Gasteiger partial charge in [-0.2, -0.15) is 5.10 Å². The molecule has 1 aromatic heterocycles. The molecule has 0 bridgehead atoms. The Labute approximate surface area is 83.0 Å². The van der Waals surface area contributed by atoms with E-state index >= 15 is 0 Å². The summed E-state index contributed by atoms with van der Waals surface area (Å²) in [6, 6.07) is 7.84. The van der Waals surface area contributed by atoms with Crippen LogP contribution in [0.5, 0.6) is 0 Å². The van der Waals surface area contributed by atoms with Gasteiger partial charge in [0.15, 0.2) is 0 Å². The second kappa shape index (κ2) is 3.18. The Morgan fingerprint density at radius 1 is 1.21 bits per heavy atom. The molecule has 0 saturated carbocycles. The minimum atomic E-state index is 0.792. The zero-order valence-electron chi connectivity index (χ0n) is 8.33. The number of para-hydroxylation sites is 1. The first-order chi connectivity index (χ1) is 6.70. The molecule has 1 aromatic carbocycles. The summed E-state index contributed by atoms with van der Waals surface area (Å²) < 4.78 is 0. The van der Waals surface area contributed by atoms with Crippen LogP contribution >= 0.6 is 0 Å². The number of hydrogen-bond donors (Lipinski definition) is 2. The smallest absolute Gasteiger partial charge is 0.0673 e. The van der Waals surface area contributed by atoms with E-state index in [1.54, 1.807) is 0 Å². The van der Waals surface area contributed by atoms with Crippen LogP contribution in [-0.4, -0.2) is 10.2 Å². The van der Waals surface area contributed by atoms with Crippen molar-refractivity contribution in [3.05, 3.63) is 35.7 Å². The largest absolute Gasteiger partial charge is 0.398 e. The number of hydrogen-bond acceptors (Lipinski definition) is 2. The monoisotopic (exact) mass is 187 g/mol. The van der Waals surface area contributed by atoms with Gasteiger partial charge in [-0.25, -0.2) is 0 Å². The molecule has 3 heteroatoms. The molecule has 0 atom stereocenters. The lowest BCUT2D eigenvalue weighted by Crippen LogP contribution is -1.90. The summed E-state index contributed by atoms with van der Waals surface area (Å²) in [6.07, 6.45) is 0. The number of aromatic amines is 1. The number of nitrogen functional groups attached to an aromatic ring is 1. The van der Waals surface area contributed by atoms with Gasteiger partial charge in [0.25, 0.3) is 0 Å². The topological polar surface area (TPSA) is 54.7 Å². The molecule has 2 aromatic rings. The molecule has 72 valence electrons. The number of nitrogens with zero attached hydrogens (tertiary/aromatic N) is 1. The lowest BCUT2D eigenvalue weighted by molar-refractivity contribution is 1.02. The molecule has 0 aliphatic rings. The lowest BCUT2D eigenvalue weighted by atomic mass is 10.0. The highest BCUT2D eigenvalue weighted by Crippen LogP contribution is 2.29. The molecular weight excluding hydrogens is 174 g/mol. The predicted octanol–water partition coefficient (Wildman–Crippen LogP) is 2.28. The van der Waals surface area contributed by atoms with E-state index in [0.29, 0.717) is 0 Å². The average molecular weight is 187 g/mol. The van der Waals surface area contributed by atoms with Gasteiger partial charge in [-0.3, -0.25) is 5.10 Å². The standard InChI is InChI=1S/C11H13N3/c1-7-11(8(2)14-13-7)9-5-3-4-6-10(9)12/h3-6H,12H2,1-2H3,(H,13,14). The van der Waals surface area contributed by atoms with Crippen molar-refractivity contribution < 1.29 is 0 Å². The molecule has 1 heterocycles. The van der Waals surface area contributed by atoms with Crippen LogP contribution in [0.2, 0.25) is 0 Å². The van der Waals surface area contributed by atoms with Crippen molar-refractivity contribution in [1.29, 1.82) is 0 Å². The van der Waals surface area contributed by atoms with E-state index in [1.165, 1.54) is 0 Å². The number of nitrogens with one attached hydrogen (secondary N) is 1. The van der Waals surface area contributed by atoms with Gasteiger partial charge in [0, 0.05) is 22.5 Å². The lowest BCUT2D eigenvalue weighted by Gasteiger charge is -2.04. The fourth-order valence-electron chi connectivity index (χ4n) is 1.67. The van der Waals surface area contributed by atoms with Crippen molar-refractivity contribution in [2.45, 2.75) is 13.8 Å². The Kier molecular flexibility index (Phi) is 2.00. The minimum absolute atomic E-state index is 0.792. The van der Waals surface area contributed by atoms with Gasteiger partial charge in [0.05, 0.1) is 5.69 Å². The van der Waals surface area contributed by atoms with Crippen LogP contribution in [0.3, 0.4) is 0 Å². The molecule has 0 radical (unpaired) electrons. The first-order valence-electron chi connectivity index (χ1n) is 4.56. The number of rotatable bonds is 1. The number of nitrogens with two attached hydrogens (primary N) is 1. The summed E-state index contributed by atoms with van der Waals surface area (Å²) >= 11 is 0. The van der Waals surface area contributed by atoms with Gasteiger partial charge in [-0.15, -0.1) is 0 Å². The Bertz CT molecular complexity index is 438. The van der Waals surface area contributed by atoms with Gasteiger partial charge >= 0.3 is 0 Å². The first kappa shape index (κ1) is 8.81. The quantitative estimate of drug-likeness (QED) is 0.673. The molecule has 0 amide bonds. The zero-order chi connectivity index (χ0) is 10.1. The normalized spacial score (nSPS) is 10.4. The fraction of sp³-hybridized carbons (Fsp3) is 0.182. The summed E-state index contributed by atoms with van der Waals surface area (Å²) in [5, 5.41) is 7.11. The zero-order valence-corrected chi connectivity index (χ0v) is 8.33. The Balaban J connectivity index is 2.66. The van der Waals surface area contributed by atoms with Crippen LogP contribution in [0, 0.1) is 13.8 Å². The van der Waals surface area contributed by atoms with Crippen molar-refractivity contribution in [2.75, 3.05) is 5.73 Å². The Hall–Kier alpha value is -1.77. The van der Waals surface area contributed by atoms with Gasteiger partial charge < -0.3 is 5.73 Å². The third-order valence-corrected chi connectivity index (χ3v) is 2.36. The third kappa shape index (κ3) is 1.27. The van der Waals surface area contributed by atoms with Crippen LogP contribution in [0.15, 0.2) is 24.3 Å². The molecule has 0 fully saturated rings.